The van der Waals surface area contributed by atoms with Gasteiger partial charge in [-0.25, -0.2) is 0 Å². The van der Waals surface area contributed by atoms with Crippen LogP contribution in [0.4, 0.5) is 0 Å². The van der Waals surface area contributed by atoms with Crippen LogP contribution >= 0.6 is 15.9 Å². The number of carbonyl (C=O) groups is 3. The van der Waals surface area contributed by atoms with Gasteiger partial charge in [0.25, 0.3) is 0 Å². The fourth-order valence-electron chi connectivity index (χ4n) is 2.42. The van der Waals surface area contributed by atoms with E-state index in [0.717, 1.165) is 10.0 Å². The molecule has 6 heteroatoms. The van der Waals surface area contributed by atoms with Crippen molar-refractivity contribution in [3.05, 3.63) is 34.3 Å². The van der Waals surface area contributed by atoms with Gasteiger partial charge in [0.05, 0.1) is 0 Å². The Morgan fingerprint density at radius 3 is 2.86 bits per heavy atom. The van der Waals surface area contributed by atoms with Crippen molar-refractivity contribution in [2.24, 2.45) is 0 Å². The van der Waals surface area contributed by atoms with Crippen LogP contribution in [0.3, 0.4) is 0 Å². The monoisotopic (exact) mass is 352 g/mol. The zero-order chi connectivity index (χ0) is 15.4. The Morgan fingerprint density at radius 1 is 1.43 bits per heavy atom. The number of imide groups is 1. The van der Waals surface area contributed by atoms with Gasteiger partial charge < -0.3 is 4.90 Å². The Kier molecular flexibility index (Phi) is 5.12. The number of rotatable bonds is 4. The lowest BCUT2D eigenvalue weighted by molar-refractivity contribution is -0.150. The quantitative estimate of drug-likeness (QED) is 0.837. The highest BCUT2D eigenvalue weighted by atomic mass is 79.9. The number of halogens is 1. The van der Waals surface area contributed by atoms with Gasteiger partial charge in [-0.15, -0.1) is 0 Å². The van der Waals surface area contributed by atoms with Crippen molar-refractivity contribution in [3.63, 3.8) is 0 Å². The Bertz CT molecular complexity index is 574. The Balaban J connectivity index is 2.01. The van der Waals surface area contributed by atoms with Crippen LogP contribution in [0.1, 0.15) is 25.3 Å². The van der Waals surface area contributed by atoms with Crippen LogP contribution in [0.25, 0.3) is 0 Å². The molecule has 1 aromatic carbocycles. The van der Waals surface area contributed by atoms with Gasteiger partial charge in [0.1, 0.15) is 12.6 Å². The molecule has 1 aliphatic rings. The summed E-state index contributed by atoms with van der Waals surface area (Å²) in [5, 5.41) is 2.27. The first-order valence-electron chi connectivity index (χ1n) is 6.89. The maximum Gasteiger partial charge on any atom is 0.249 e. The summed E-state index contributed by atoms with van der Waals surface area (Å²) in [4.78, 5) is 36.9. The summed E-state index contributed by atoms with van der Waals surface area (Å²) < 4.78 is 0.964. The first-order chi connectivity index (χ1) is 10.0. The second-order valence-corrected chi connectivity index (χ2v) is 5.90. The standard InChI is InChI=1S/C15H17BrN2O3/c1-2-12-15(21)17-13(19)9-18(12)14(20)7-6-10-4-3-5-11(16)8-10/h3-5,8,12H,2,6-7,9H2,1H3,(H,17,19,21). The van der Waals surface area contributed by atoms with Crippen LogP contribution < -0.4 is 5.32 Å². The molecule has 0 radical (unpaired) electrons. The smallest absolute Gasteiger partial charge is 0.249 e. The zero-order valence-corrected chi connectivity index (χ0v) is 13.4. The van der Waals surface area contributed by atoms with Crippen LogP contribution in [-0.4, -0.2) is 35.2 Å². The summed E-state index contributed by atoms with van der Waals surface area (Å²) in [5.74, 6) is -0.963. The molecule has 5 nitrogen and oxygen atoms in total. The number of aryl methyl sites for hydroxylation is 1. The van der Waals surface area contributed by atoms with Gasteiger partial charge in [0.15, 0.2) is 0 Å². The van der Waals surface area contributed by atoms with E-state index in [1.54, 1.807) is 0 Å². The van der Waals surface area contributed by atoms with E-state index in [9.17, 15) is 14.4 Å². The Morgan fingerprint density at radius 2 is 2.19 bits per heavy atom. The number of nitrogens with one attached hydrogen (secondary N) is 1. The molecule has 1 fully saturated rings. The number of nitrogens with zero attached hydrogens (tertiary/aromatic N) is 1. The van der Waals surface area contributed by atoms with Crippen LogP contribution in [0.5, 0.6) is 0 Å². The van der Waals surface area contributed by atoms with E-state index in [1.807, 2.05) is 31.2 Å². The molecule has 0 bridgehead atoms. The van der Waals surface area contributed by atoms with Crippen LogP contribution in [-0.2, 0) is 20.8 Å². The summed E-state index contributed by atoms with van der Waals surface area (Å²) in [6.45, 7) is 1.79. The number of carbonyl (C=O) groups excluding carboxylic acids is 3. The molecular weight excluding hydrogens is 336 g/mol. The lowest BCUT2D eigenvalue weighted by Gasteiger charge is -2.33. The number of hydrogen-bond donors (Lipinski definition) is 1. The largest absolute Gasteiger partial charge is 0.321 e. The number of benzene rings is 1. The Hall–Kier alpha value is -1.69. The number of piperazine rings is 1. The zero-order valence-electron chi connectivity index (χ0n) is 11.8. The second-order valence-electron chi connectivity index (χ2n) is 4.99. The van der Waals surface area contributed by atoms with Gasteiger partial charge in [-0.3, -0.25) is 19.7 Å². The van der Waals surface area contributed by atoms with Gasteiger partial charge in [-0.05, 0) is 30.5 Å². The van der Waals surface area contributed by atoms with E-state index in [2.05, 4.69) is 21.2 Å². The summed E-state index contributed by atoms with van der Waals surface area (Å²) in [6, 6.07) is 7.20. The maximum absolute atomic E-state index is 12.3. The van der Waals surface area contributed by atoms with Crippen LogP contribution in [0.2, 0.25) is 0 Å². The first kappa shape index (κ1) is 15.7. The van der Waals surface area contributed by atoms with Crippen molar-refractivity contribution < 1.29 is 14.4 Å². The molecule has 1 heterocycles. The lowest BCUT2D eigenvalue weighted by atomic mass is 10.1. The van der Waals surface area contributed by atoms with Crippen LogP contribution in [0, 0.1) is 0 Å². The second kappa shape index (κ2) is 6.85. The van der Waals surface area contributed by atoms with E-state index in [1.165, 1.54) is 4.90 Å². The Labute approximate surface area is 131 Å². The minimum atomic E-state index is -0.544. The fourth-order valence-corrected chi connectivity index (χ4v) is 2.87. The highest BCUT2D eigenvalue weighted by Gasteiger charge is 2.34. The summed E-state index contributed by atoms with van der Waals surface area (Å²) in [5.41, 5.74) is 1.04. The van der Waals surface area contributed by atoms with Gasteiger partial charge >= 0.3 is 0 Å². The average Bonchev–Trinajstić information content (AvgIpc) is 2.44. The molecule has 0 saturated carbocycles. The molecule has 1 aromatic rings. The van der Waals surface area contributed by atoms with E-state index in [4.69, 9.17) is 0 Å². The minimum Gasteiger partial charge on any atom is -0.321 e. The third-order valence-corrected chi connectivity index (χ3v) is 3.97. The van der Waals surface area contributed by atoms with Crippen LogP contribution in [0.15, 0.2) is 28.7 Å². The molecule has 112 valence electrons. The van der Waals surface area contributed by atoms with Crippen molar-refractivity contribution in [1.82, 2.24) is 10.2 Å². The molecule has 1 N–H and O–H groups in total. The molecule has 0 aromatic heterocycles. The maximum atomic E-state index is 12.3. The predicted octanol–water partition coefficient (Wildman–Crippen LogP) is 1.65. The fraction of sp³-hybridized carbons (Fsp3) is 0.400. The van der Waals surface area contributed by atoms with Gasteiger partial charge in [0.2, 0.25) is 17.7 Å². The normalized spacial score (nSPS) is 18.6. The molecule has 3 amide bonds. The molecule has 21 heavy (non-hydrogen) atoms. The summed E-state index contributed by atoms with van der Waals surface area (Å²) in [7, 11) is 0. The van der Waals surface area contributed by atoms with E-state index in [-0.39, 0.29) is 24.8 Å². The van der Waals surface area contributed by atoms with E-state index >= 15 is 0 Å². The highest BCUT2D eigenvalue weighted by Crippen LogP contribution is 2.15. The number of hydrogen-bond acceptors (Lipinski definition) is 3. The third kappa shape index (κ3) is 3.91. The highest BCUT2D eigenvalue weighted by molar-refractivity contribution is 9.10. The molecule has 1 aliphatic heterocycles. The summed E-state index contributed by atoms with van der Waals surface area (Å²) >= 11 is 3.39. The van der Waals surface area contributed by atoms with Crippen molar-refractivity contribution in [1.29, 1.82) is 0 Å². The lowest BCUT2D eigenvalue weighted by Crippen LogP contribution is -2.59. The molecule has 1 unspecified atom stereocenters. The van der Waals surface area contributed by atoms with Gasteiger partial charge in [0, 0.05) is 10.9 Å². The minimum absolute atomic E-state index is 0.0401. The van der Waals surface area contributed by atoms with Gasteiger partial charge in [-0.2, -0.15) is 0 Å². The van der Waals surface area contributed by atoms with Crippen molar-refractivity contribution in [2.75, 3.05) is 6.54 Å². The van der Waals surface area contributed by atoms with E-state index < -0.39 is 11.9 Å². The number of amides is 3. The topological polar surface area (TPSA) is 66.5 Å². The molecule has 0 aliphatic carbocycles. The molecule has 1 atom stereocenters. The molecule has 1 saturated heterocycles. The third-order valence-electron chi connectivity index (χ3n) is 3.48. The molecule has 2 rings (SSSR count). The van der Waals surface area contributed by atoms with Gasteiger partial charge in [-0.1, -0.05) is 35.0 Å². The SMILES string of the molecule is CCC1C(=O)NC(=O)CN1C(=O)CCc1cccc(Br)c1. The van der Waals surface area contributed by atoms with E-state index in [0.29, 0.717) is 12.8 Å². The predicted molar refractivity (Wildman–Crippen MR) is 81.4 cm³/mol. The first-order valence-corrected chi connectivity index (χ1v) is 7.68. The average molecular weight is 353 g/mol. The molecule has 0 spiro atoms. The van der Waals surface area contributed by atoms with Crippen molar-refractivity contribution in [3.8, 4) is 0 Å². The van der Waals surface area contributed by atoms with Crippen molar-refractivity contribution >= 4 is 33.7 Å². The van der Waals surface area contributed by atoms with Crippen molar-refractivity contribution in [2.45, 2.75) is 32.2 Å². The molecular formula is C15H17BrN2O3. The summed E-state index contributed by atoms with van der Waals surface area (Å²) in [6.07, 6.45) is 1.37.